The van der Waals surface area contributed by atoms with E-state index in [2.05, 4.69) is 10.6 Å². The van der Waals surface area contributed by atoms with E-state index in [4.69, 9.17) is 4.74 Å². The Kier molecular flexibility index (Phi) is 9.47. The molecule has 2 aromatic carbocycles. The summed E-state index contributed by atoms with van der Waals surface area (Å²) in [4.78, 5) is 40.3. The van der Waals surface area contributed by atoms with E-state index in [1.165, 1.54) is 17.0 Å². The van der Waals surface area contributed by atoms with Crippen LogP contribution < -0.4 is 10.6 Å². The first-order chi connectivity index (χ1) is 16.0. The summed E-state index contributed by atoms with van der Waals surface area (Å²) < 4.78 is 5.22. The summed E-state index contributed by atoms with van der Waals surface area (Å²) in [5.74, 6) is -0.751. The molecule has 0 bridgehead atoms. The normalized spacial score (nSPS) is 11.9. The molecular formula is C26H35N3O5. The van der Waals surface area contributed by atoms with Gasteiger partial charge in [0.15, 0.2) is 0 Å². The molecule has 8 heteroatoms. The monoisotopic (exact) mass is 469 g/mol. The zero-order valence-electron chi connectivity index (χ0n) is 20.6. The molecule has 0 saturated carbocycles. The number of aryl methyl sites for hydroxylation is 1. The highest BCUT2D eigenvalue weighted by molar-refractivity contribution is 5.98. The summed E-state index contributed by atoms with van der Waals surface area (Å²) in [6.07, 6.45) is 0.775. The zero-order valence-corrected chi connectivity index (χ0v) is 20.6. The summed E-state index contributed by atoms with van der Waals surface area (Å²) in [6, 6.07) is 12.6. The van der Waals surface area contributed by atoms with Crippen molar-refractivity contribution in [2.45, 2.75) is 59.1 Å². The molecule has 8 nitrogen and oxygen atoms in total. The Balaban J connectivity index is 2.34. The molecule has 0 aromatic heterocycles. The number of carbonyl (C=O) groups is 3. The van der Waals surface area contributed by atoms with Gasteiger partial charge in [-0.2, -0.15) is 0 Å². The number of amides is 3. The fourth-order valence-corrected chi connectivity index (χ4v) is 3.33. The maximum atomic E-state index is 13.5. The third-order valence-electron chi connectivity index (χ3n) is 5.03. The highest BCUT2D eigenvalue weighted by Gasteiger charge is 2.32. The van der Waals surface area contributed by atoms with Crippen molar-refractivity contribution < 1.29 is 24.2 Å². The number of hydrogen-bond donors (Lipinski definition) is 3. The molecule has 0 heterocycles. The van der Waals surface area contributed by atoms with Crippen molar-refractivity contribution in [3.05, 3.63) is 59.7 Å². The van der Waals surface area contributed by atoms with E-state index in [1.807, 2.05) is 32.0 Å². The number of carbonyl (C=O) groups excluding carboxylic acids is 3. The van der Waals surface area contributed by atoms with Crippen molar-refractivity contribution >= 4 is 23.6 Å². The molecule has 0 aliphatic heterocycles. The number of alkyl carbamates (subject to hydrolysis) is 1. The first kappa shape index (κ1) is 26.7. The molecule has 2 aromatic rings. The first-order valence-corrected chi connectivity index (χ1v) is 11.4. The van der Waals surface area contributed by atoms with Crippen LogP contribution in [-0.2, 0) is 14.3 Å². The van der Waals surface area contributed by atoms with Crippen molar-refractivity contribution in [1.29, 1.82) is 0 Å². The SMILES string of the molecule is CCCCN(C(=O)CNC(=O)OC(C)(C)C)C(C(=O)Nc1ccccc1C)c1ccc(O)cc1. The average Bonchev–Trinajstić information content (AvgIpc) is 2.76. The number of para-hydroxylation sites is 1. The van der Waals surface area contributed by atoms with Crippen LogP contribution in [0, 0.1) is 6.92 Å². The second-order valence-electron chi connectivity index (χ2n) is 9.09. The maximum Gasteiger partial charge on any atom is 0.408 e. The Morgan fingerprint density at radius 1 is 1.06 bits per heavy atom. The molecule has 1 unspecified atom stereocenters. The number of phenols is 1. The first-order valence-electron chi connectivity index (χ1n) is 11.4. The van der Waals surface area contributed by atoms with Crippen LogP contribution in [0.4, 0.5) is 10.5 Å². The van der Waals surface area contributed by atoms with E-state index in [-0.39, 0.29) is 18.2 Å². The van der Waals surface area contributed by atoms with Crippen molar-refractivity contribution in [1.82, 2.24) is 10.2 Å². The summed E-state index contributed by atoms with van der Waals surface area (Å²) in [5.41, 5.74) is 1.38. The van der Waals surface area contributed by atoms with Gasteiger partial charge in [0.25, 0.3) is 5.91 Å². The molecule has 3 N–H and O–H groups in total. The van der Waals surface area contributed by atoms with E-state index in [9.17, 15) is 19.5 Å². The lowest BCUT2D eigenvalue weighted by Crippen LogP contribution is -2.47. The minimum Gasteiger partial charge on any atom is -0.508 e. The lowest BCUT2D eigenvalue weighted by molar-refractivity contribution is -0.138. The molecule has 0 spiro atoms. The Labute approximate surface area is 201 Å². The summed E-state index contributed by atoms with van der Waals surface area (Å²) in [7, 11) is 0. The number of unbranched alkanes of at least 4 members (excludes halogenated alkanes) is 1. The molecule has 0 radical (unpaired) electrons. The fourth-order valence-electron chi connectivity index (χ4n) is 3.33. The minimum atomic E-state index is -0.959. The van der Waals surface area contributed by atoms with E-state index in [1.54, 1.807) is 39.0 Å². The molecule has 0 aliphatic carbocycles. The van der Waals surface area contributed by atoms with Crippen LogP contribution in [0.1, 0.15) is 57.7 Å². The van der Waals surface area contributed by atoms with E-state index >= 15 is 0 Å². The molecule has 3 amide bonds. The van der Waals surface area contributed by atoms with Crippen LogP contribution in [0.3, 0.4) is 0 Å². The van der Waals surface area contributed by atoms with Gasteiger partial charge >= 0.3 is 6.09 Å². The highest BCUT2D eigenvalue weighted by atomic mass is 16.6. The lowest BCUT2D eigenvalue weighted by Gasteiger charge is -2.32. The molecular weight excluding hydrogens is 434 g/mol. The Hall–Kier alpha value is -3.55. The van der Waals surface area contributed by atoms with Gasteiger partial charge in [-0.1, -0.05) is 43.7 Å². The second kappa shape index (κ2) is 12.1. The molecule has 1 atom stereocenters. The van der Waals surface area contributed by atoms with Crippen molar-refractivity contribution in [3.63, 3.8) is 0 Å². The van der Waals surface area contributed by atoms with Gasteiger partial charge in [0.05, 0.1) is 0 Å². The lowest BCUT2D eigenvalue weighted by atomic mass is 10.0. The minimum absolute atomic E-state index is 0.0554. The third kappa shape index (κ3) is 8.10. The molecule has 2 rings (SSSR count). The number of anilines is 1. The number of phenolic OH excluding ortho intramolecular Hbond substituents is 1. The quantitative estimate of drug-likeness (QED) is 0.500. The number of hydrogen-bond acceptors (Lipinski definition) is 5. The van der Waals surface area contributed by atoms with Gasteiger partial charge in [-0.05, 0) is 63.4 Å². The van der Waals surface area contributed by atoms with E-state index < -0.39 is 23.6 Å². The van der Waals surface area contributed by atoms with Gasteiger partial charge in [0.2, 0.25) is 5.91 Å². The van der Waals surface area contributed by atoms with Gasteiger partial charge in [-0.25, -0.2) is 4.79 Å². The number of nitrogens with one attached hydrogen (secondary N) is 2. The molecule has 0 saturated heterocycles. The summed E-state index contributed by atoms with van der Waals surface area (Å²) in [6.45, 7) is 9.08. The molecule has 184 valence electrons. The molecule has 0 aliphatic rings. The zero-order chi connectivity index (χ0) is 25.3. The highest BCUT2D eigenvalue weighted by Crippen LogP contribution is 2.26. The topological polar surface area (TPSA) is 108 Å². The fraction of sp³-hybridized carbons (Fsp3) is 0.423. The average molecular weight is 470 g/mol. The Morgan fingerprint density at radius 3 is 2.29 bits per heavy atom. The van der Waals surface area contributed by atoms with Crippen LogP contribution >= 0.6 is 0 Å². The predicted molar refractivity (Wildman–Crippen MR) is 132 cm³/mol. The second-order valence-corrected chi connectivity index (χ2v) is 9.09. The van der Waals surface area contributed by atoms with Crippen LogP contribution in [0.25, 0.3) is 0 Å². The van der Waals surface area contributed by atoms with Crippen LogP contribution in [-0.4, -0.2) is 46.6 Å². The number of benzene rings is 2. The van der Waals surface area contributed by atoms with Crippen molar-refractivity contribution in [2.75, 3.05) is 18.4 Å². The van der Waals surface area contributed by atoms with Crippen LogP contribution in [0.15, 0.2) is 48.5 Å². The van der Waals surface area contributed by atoms with Gasteiger partial charge in [0, 0.05) is 12.2 Å². The number of nitrogens with zero attached hydrogens (tertiary/aromatic N) is 1. The third-order valence-corrected chi connectivity index (χ3v) is 5.03. The standard InChI is InChI=1S/C26H35N3O5/c1-6-7-16-29(22(31)17-27-25(33)34-26(3,4)5)23(19-12-14-20(30)15-13-19)24(32)28-21-11-9-8-10-18(21)2/h8-15,23,30H,6-7,16-17H2,1-5H3,(H,27,33)(H,28,32). The van der Waals surface area contributed by atoms with Gasteiger partial charge in [-0.3, -0.25) is 9.59 Å². The molecule has 34 heavy (non-hydrogen) atoms. The number of ether oxygens (including phenoxy) is 1. The summed E-state index contributed by atoms with van der Waals surface area (Å²) >= 11 is 0. The maximum absolute atomic E-state index is 13.5. The summed E-state index contributed by atoms with van der Waals surface area (Å²) in [5, 5.41) is 15.1. The Bertz CT molecular complexity index is 983. The van der Waals surface area contributed by atoms with Crippen molar-refractivity contribution in [2.24, 2.45) is 0 Å². The predicted octanol–water partition coefficient (Wildman–Crippen LogP) is 4.53. The van der Waals surface area contributed by atoms with Crippen LogP contribution in [0.5, 0.6) is 5.75 Å². The van der Waals surface area contributed by atoms with Crippen molar-refractivity contribution in [3.8, 4) is 5.75 Å². The van der Waals surface area contributed by atoms with Crippen LogP contribution in [0.2, 0.25) is 0 Å². The van der Waals surface area contributed by atoms with Gasteiger partial charge in [0.1, 0.15) is 23.9 Å². The van der Waals surface area contributed by atoms with E-state index in [0.717, 1.165) is 12.0 Å². The smallest absolute Gasteiger partial charge is 0.408 e. The Morgan fingerprint density at radius 2 is 1.71 bits per heavy atom. The number of rotatable bonds is 9. The molecule has 0 fully saturated rings. The van der Waals surface area contributed by atoms with E-state index in [0.29, 0.717) is 24.2 Å². The van der Waals surface area contributed by atoms with Gasteiger partial charge < -0.3 is 25.4 Å². The number of aromatic hydroxyl groups is 1. The largest absolute Gasteiger partial charge is 0.508 e. The van der Waals surface area contributed by atoms with Gasteiger partial charge in [-0.15, -0.1) is 0 Å².